The molecule has 0 fully saturated rings. The van der Waals surface area contributed by atoms with Crippen molar-refractivity contribution in [3.05, 3.63) is 54.4 Å². The van der Waals surface area contributed by atoms with Gasteiger partial charge in [-0.3, -0.25) is 4.98 Å². The van der Waals surface area contributed by atoms with Crippen molar-refractivity contribution in [3.63, 3.8) is 0 Å². The van der Waals surface area contributed by atoms with Gasteiger partial charge in [0.25, 0.3) is 0 Å². The Balaban J connectivity index is 2.08. The Morgan fingerprint density at radius 1 is 1.29 bits per heavy atom. The Hall–Kier alpha value is -2.40. The average molecular weight is 298 g/mol. The van der Waals surface area contributed by atoms with Gasteiger partial charge in [-0.05, 0) is 25.1 Å². The number of rotatable bonds is 4. The van der Waals surface area contributed by atoms with Crippen LogP contribution in [0, 0.1) is 0 Å². The lowest BCUT2D eigenvalue weighted by atomic mass is 10.2. The summed E-state index contributed by atoms with van der Waals surface area (Å²) >= 11 is 1.52. The summed E-state index contributed by atoms with van der Waals surface area (Å²) in [6.45, 7) is 2.15. The highest BCUT2D eigenvalue weighted by molar-refractivity contribution is 7.23. The SMILES string of the molecule is CCOC(=O)c1c(Nc2ccccc2)sc2ccncc12. The van der Waals surface area contributed by atoms with Gasteiger partial charge in [-0.1, -0.05) is 18.2 Å². The van der Waals surface area contributed by atoms with Gasteiger partial charge in [0.15, 0.2) is 0 Å². The number of thiophene rings is 1. The number of nitrogens with zero attached hydrogens (tertiary/aromatic N) is 1. The molecule has 0 aliphatic rings. The molecule has 0 saturated carbocycles. The molecule has 0 saturated heterocycles. The minimum Gasteiger partial charge on any atom is -0.462 e. The first-order chi connectivity index (χ1) is 10.3. The van der Waals surface area contributed by atoms with E-state index in [4.69, 9.17) is 4.74 Å². The molecule has 4 nitrogen and oxygen atoms in total. The maximum absolute atomic E-state index is 12.2. The van der Waals surface area contributed by atoms with Gasteiger partial charge in [-0.15, -0.1) is 11.3 Å². The van der Waals surface area contributed by atoms with Gasteiger partial charge < -0.3 is 10.1 Å². The Morgan fingerprint density at radius 3 is 2.86 bits per heavy atom. The van der Waals surface area contributed by atoms with Crippen LogP contribution in [0.15, 0.2) is 48.8 Å². The van der Waals surface area contributed by atoms with Crippen molar-refractivity contribution in [2.24, 2.45) is 0 Å². The van der Waals surface area contributed by atoms with Crippen LogP contribution in [0.5, 0.6) is 0 Å². The van der Waals surface area contributed by atoms with Crippen LogP contribution in [0.1, 0.15) is 17.3 Å². The van der Waals surface area contributed by atoms with Gasteiger partial charge in [0.2, 0.25) is 0 Å². The number of pyridine rings is 1. The second-order valence-electron chi connectivity index (χ2n) is 4.39. The van der Waals surface area contributed by atoms with Crippen LogP contribution in [-0.4, -0.2) is 17.6 Å². The first-order valence-corrected chi connectivity index (χ1v) is 7.47. The average Bonchev–Trinajstić information content (AvgIpc) is 2.86. The monoisotopic (exact) mass is 298 g/mol. The van der Waals surface area contributed by atoms with Crippen LogP contribution in [-0.2, 0) is 4.74 Å². The fourth-order valence-corrected chi connectivity index (χ4v) is 3.17. The molecule has 2 heterocycles. The number of aromatic nitrogens is 1. The van der Waals surface area contributed by atoms with E-state index in [9.17, 15) is 4.79 Å². The summed E-state index contributed by atoms with van der Waals surface area (Å²) in [6.07, 6.45) is 3.42. The summed E-state index contributed by atoms with van der Waals surface area (Å²) in [5, 5.41) is 4.89. The molecule has 21 heavy (non-hydrogen) atoms. The number of anilines is 2. The largest absolute Gasteiger partial charge is 0.462 e. The van der Waals surface area contributed by atoms with Crippen molar-refractivity contribution < 1.29 is 9.53 Å². The third-order valence-corrected chi connectivity index (χ3v) is 4.09. The Morgan fingerprint density at radius 2 is 2.10 bits per heavy atom. The number of benzene rings is 1. The fraction of sp³-hybridized carbons (Fsp3) is 0.125. The quantitative estimate of drug-likeness (QED) is 0.733. The second kappa shape index (κ2) is 5.93. The number of carbonyl (C=O) groups excluding carboxylic acids is 1. The maximum Gasteiger partial charge on any atom is 0.341 e. The molecular weight excluding hydrogens is 284 g/mol. The predicted molar refractivity (Wildman–Crippen MR) is 85.3 cm³/mol. The third-order valence-electron chi connectivity index (χ3n) is 3.00. The van der Waals surface area contributed by atoms with Crippen molar-refractivity contribution in [2.45, 2.75) is 6.92 Å². The van der Waals surface area contributed by atoms with Crippen LogP contribution in [0.4, 0.5) is 10.7 Å². The lowest BCUT2D eigenvalue weighted by Gasteiger charge is -2.07. The highest BCUT2D eigenvalue weighted by atomic mass is 32.1. The smallest absolute Gasteiger partial charge is 0.341 e. The molecule has 3 rings (SSSR count). The van der Waals surface area contributed by atoms with E-state index in [1.54, 1.807) is 19.3 Å². The van der Waals surface area contributed by atoms with Crippen molar-refractivity contribution in [3.8, 4) is 0 Å². The summed E-state index contributed by atoms with van der Waals surface area (Å²) in [4.78, 5) is 16.4. The van der Waals surface area contributed by atoms with Gasteiger partial charge in [0.05, 0.1) is 6.61 Å². The van der Waals surface area contributed by atoms with E-state index in [1.807, 2.05) is 36.4 Å². The molecule has 1 aromatic carbocycles. The molecule has 0 aliphatic heterocycles. The molecule has 3 aromatic rings. The fourth-order valence-electron chi connectivity index (χ4n) is 2.09. The van der Waals surface area contributed by atoms with E-state index in [0.29, 0.717) is 12.2 Å². The molecule has 1 N–H and O–H groups in total. The van der Waals surface area contributed by atoms with Crippen LogP contribution in [0.25, 0.3) is 10.1 Å². The molecule has 2 aromatic heterocycles. The van der Waals surface area contributed by atoms with Crippen LogP contribution >= 0.6 is 11.3 Å². The van der Waals surface area contributed by atoms with Crippen molar-refractivity contribution in [1.29, 1.82) is 0 Å². The predicted octanol–water partition coefficient (Wildman–Crippen LogP) is 4.22. The van der Waals surface area contributed by atoms with E-state index in [1.165, 1.54) is 11.3 Å². The molecular formula is C16H14N2O2S. The second-order valence-corrected chi connectivity index (χ2v) is 5.44. The highest BCUT2D eigenvalue weighted by Crippen LogP contribution is 2.37. The number of esters is 1. The van der Waals surface area contributed by atoms with E-state index in [0.717, 1.165) is 20.8 Å². The summed E-state index contributed by atoms with van der Waals surface area (Å²) in [6, 6.07) is 11.7. The first-order valence-electron chi connectivity index (χ1n) is 6.65. The van der Waals surface area contributed by atoms with E-state index >= 15 is 0 Å². The Labute approximate surface area is 126 Å². The van der Waals surface area contributed by atoms with Gasteiger partial charge in [-0.2, -0.15) is 0 Å². The molecule has 0 radical (unpaired) electrons. The summed E-state index contributed by atoms with van der Waals surface area (Å²) in [5.41, 5.74) is 1.48. The molecule has 0 bridgehead atoms. The van der Waals surface area contributed by atoms with E-state index < -0.39 is 0 Å². The van der Waals surface area contributed by atoms with Crippen molar-refractivity contribution in [2.75, 3.05) is 11.9 Å². The summed E-state index contributed by atoms with van der Waals surface area (Å²) in [7, 11) is 0. The Kier molecular flexibility index (Phi) is 3.83. The normalized spacial score (nSPS) is 10.5. The number of ether oxygens (including phenoxy) is 1. The first kappa shape index (κ1) is 13.6. The molecule has 106 valence electrons. The standard InChI is InChI=1S/C16H14N2O2S/c1-2-20-16(19)14-12-10-17-9-8-13(12)21-15(14)18-11-6-4-3-5-7-11/h3-10,18H,2H2,1H3. The topological polar surface area (TPSA) is 51.2 Å². The minimum atomic E-state index is -0.324. The van der Waals surface area contributed by atoms with Gasteiger partial charge in [0.1, 0.15) is 10.6 Å². The van der Waals surface area contributed by atoms with Gasteiger partial charge in [-0.25, -0.2) is 4.79 Å². The number of hydrogen-bond acceptors (Lipinski definition) is 5. The van der Waals surface area contributed by atoms with Gasteiger partial charge >= 0.3 is 5.97 Å². The van der Waals surface area contributed by atoms with Crippen LogP contribution in [0.2, 0.25) is 0 Å². The number of carbonyl (C=O) groups is 1. The highest BCUT2D eigenvalue weighted by Gasteiger charge is 2.20. The summed E-state index contributed by atoms with van der Waals surface area (Å²) in [5.74, 6) is -0.324. The van der Waals surface area contributed by atoms with Crippen LogP contribution < -0.4 is 5.32 Å². The molecule has 5 heteroatoms. The number of hydrogen-bond donors (Lipinski definition) is 1. The molecule has 0 atom stereocenters. The molecule has 0 spiro atoms. The van der Waals surface area contributed by atoms with Gasteiger partial charge in [0, 0.05) is 28.2 Å². The lowest BCUT2D eigenvalue weighted by Crippen LogP contribution is -2.06. The van der Waals surface area contributed by atoms with E-state index in [-0.39, 0.29) is 5.97 Å². The number of nitrogens with one attached hydrogen (secondary N) is 1. The Bertz CT molecular complexity index is 768. The number of fused-ring (bicyclic) bond motifs is 1. The minimum absolute atomic E-state index is 0.324. The van der Waals surface area contributed by atoms with Crippen molar-refractivity contribution in [1.82, 2.24) is 4.98 Å². The maximum atomic E-state index is 12.2. The zero-order valence-corrected chi connectivity index (χ0v) is 12.3. The molecule has 0 aliphatic carbocycles. The molecule has 0 unspecified atom stereocenters. The number of para-hydroxylation sites is 1. The molecule has 0 amide bonds. The van der Waals surface area contributed by atoms with Crippen LogP contribution in [0.3, 0.4) is 0 Å². The third kappa shape index (κ3) is 2.73. The van der Waals surface area contributed by atoms with E-state index in [2.05, 4.69) is 10.3 Å². The zero-order chi connectivity index (χ0) is 14.7. The zero-order valence-electron chi connectivity index (χ0n) is 11.5. The van der Waals surface area contributed by atoms with Crippen molar-refractivity contribution >= 4 is 38.1 Å². The summed E-state index contributed by atoms with van der Waals surface area (Å²) < 4.78 is 6.18. The lowest BCUT2D eigenvalue weighted by molar-refractivity contribution is 0.0530.